The molecule has 0 atom stereocenters. The van der Waals surface area contributed by atoms with E-state index in [0.717, 1.165) is 12.1 Å². The summed E-state index contributed by atoms with van der Waals surface area (Å²) in [5, 5.41) is 8.18. The van der Waals surface area contributed by atoms with Gasteiger partial charge in [-0.3, -0.25) is 0 Å². The standard InChI is InChI=1S/C20H21F3N4O2/c1-4-27-18-16(12(3)26-27)17(15(11-25-18)19(28)29-5-2)24-10-13-7-6-8-14(9-13)20(21,22)23/h6-9,11H,4-5,10H2,1-3H3,(H,24,25). The third-order valence-corrected chi connectivity index (χ3v) is 4.45. The highest BCUT2D eigenvalue weighted by Gasteiger charge is 2.30. The molecular formula is C20H21F3N4O2. The van der Waals surface area contributed by atoms with Gasteiger partial charge >= 0.3 is 12.1 Å². The number of aromatic nitrogens is 3. The number of ether oxygens (including phenoxy) is 1. The maximum atomic E-state index is 13.0. The minimum absolute atomic E-state index is 0.0895. The number of anilines is 1. The fraction of sp³-hybridized carbons (Fsp3) is 0.350. The zero-order valence-corrected chi connectivity index (χ0v) is 16.3. The van der Waals surface area contributed by atoms with Crippen molar-refractivity contribution in [3.05, 3.63) is 52.8 Å². The largest absolute Gasteiger partial charge is 0.462 e. The summed E-state index contributed by atoms with van der Waals surface area (Å²) in [5.74, 6) is -0.558. The van der Waals surface area contributed by atoms with Crippen LogP contribution in [0, 0.1) is 6.92 Å². The van der Waals surface area contributed by atoms with Gasteiger partial charge in [0.05, 0.1) is 28.9 Å². The third kappa shape index (κ3) is 4.18. The van der Waals surface area contributed by atoms with Crippen molar-refractivity contribution in [3.8, 4) is 0 Å². The van der Waals surface area contributed by atoms with Gasteiger partial charge in [-0.15, -0.1) is 0 Å². The Balaban J connectivity index is 2.03. The second kappa shape index (κ2) is 8.10. The van der Waals surface area contributed by atoms with E-state index in [1.165, 1.54) is 12.3 Å². The predicted molar refractivity (Wildman–Crippen MR) is 103 cm³/mol. The Bertz CT molecular complexity index is 1040. The Hall–Kier alpha value is -3.10. The molecule has 0 spiro atoms. The molecule has 154 valence electrons. The summed E-state index contributed by atoms with van der Waals surface area (Å²) in [6.07, 6.45) is -3.02. The second-order valence-electron chi connectivity index (χ2n) is 6.42. The van der Waals surface area contributed by atoms with Crippen LogP contribution in [0.5, 0.6) is 0 Å². The van der Waals surface area contributed by atoms with E-state index >= 15 is 0 Å². The van der Waals surface area contributed by atoms with E-state index in [9.17, 15) is 18.0 Å². The SMILES string of the molecule is CCOC(=O)c1cnc2c(c(C)nn2CC)c1NCc1cccc(C(F)(F)F)c1. The highest BCUT2D eigenvalue weighted by atomic mass is 19.4. The van der Waals surface area contributed by atoms with Crippen molar-refractivity contribution in [3.63, 3.8) is 0 Å². The third-order valence-electron chi connectivity index (χ3n) is 4.45. The van der Waals surface area contributed by atoms with Crippen LogP contribution in [0.3, 0.4) is 0 Å². The number of nitrogens with one attached hydrogen (secondary N) is 1. The first-order chi connectivity index (χ1) is 13.8. The molecule has 0 unspecified atom stereocenters. The molecule has 0 aliphatic rings. The summed E-state index contributed by atoms with van der Waals surface area (Å²) in [5.41, 5.74) is 1.61. The number of benzene rings is 1. The first-order valence-electron chi connectivity index (χ1n) is 9.19. The molecule has 0 saturated heterocycles. The lowest BCUT2D eigenvalue weighted by molar-refractivity contribution is -0.137. The van der Waals surface area contributed by atoms with Gasteiger partial charge in [-0.1, -0.05) is 12.1 Å². The zero-order chi connectivity index (χ0) is 21.2. The van der Waals surface area contributed by atoms with Crippen molar-refractivity contribution in [2.75, 3.05) is 11.9 Å². The van der Waals surface area contributed by atoms with Crippen LogP contribution in [0.4, 0.5) is 18.9 Å². The van der Waals surface area contributed by atoms with Gasteiger partial charge in [0.15, 0.2) is 5.65 Å². The molecule has 0 saturated carbocycles. The fourth-order valence-electron chi connectivity index (χ4n) is 3.13. The van der Waals surface area contributed by atoms with Gasteiger partial charge < -0.3 is 10.1 Å². The first-order valence-corrected chi connectivity index (χ1v) is 9.19. The van der Waals surface area contributed by atoms with Gasteiger partial charge in [-0.2, -0.15) is 18.3 Å². The average Bonchev–Trinajstić information content (AvgIpc) is 3.02. The van der Waals surface area contributed by atoms with Crippen molar-refractivity contribution < 1.29 is 22.7 Å². The number of carbonyl (C=O) groups is 1. The van der Waals surface area contributed by atoms with E-state index in [1.54, 1.807) is 24.6 Å². The van der Waals surface area contributed by atoms with Crippen molar-refractivity contribution in [1.29, 1.82) is 0 Å². The first kappa shape index (κ1) is 20.6. The number of rotatable bonds is 6. The second-order valence-corrected chi connectivity index (χ2v) is 6.42. The molecule has 0 aliphatic carbocycles. The van der Waals surface area contributed by atoms with E-state index in [2.05, 4.69) is 15.4 Å². The van der Waals surface area contributed by atoms with Crippen LogP contribution in [0.1, 0.15) is 41.0 Å². The van der Waals surface area contributed by atoms with Gasteiger partial charge in [-0.25, -0.2) is 14.5 Å². The predicted octanol–water partition coefficient (Wildman–Crippen LogP) is 4.57. The summed E-state index contributed by atoms with van der Waals surface area (Å²) in [6, 6.07) is 5.05. The van der Waals surface area contributed by atoms with E-state index in [4.69, 9.17) is 4.74 Å². The fourth-order valence-corrected chi connectivity index (χ4v) is 3.13. The number of halogens is 3. The topological polar surface area (TPSA) is 69.0 Å². The molecule has 3 rings (SSSR count). The van der Waals surface area contributed by atoms with Gasteiger partial charge in [0.25, 0.3) is 0 Å². The Kier molecular flexibility index (Phi) is 5.76. The van der Waals surface area contributed by atoms with Crippen LogP contribution >= 0.6 is 0 Å². The molecule has 1 aromatic carbocycles. The molecule has 0 fully saturated rings. The quantitative estimate of drug-likeness (QED) is 0.608. The Labute approximate surface area is 165 Å². The number of carbonyl (C=O) groups excluding carboxylic acids is 1. The molecule has 3 aromatic rings. The van der Waals surface area contributed by atoms with Crippen molar-refractivity contribution >= 4 is 22.7 Å². The maximum absolute atomic E-state index is 13.0. The molecule has 0 aliphatic heterocycles. The molecule has 2 heterocycles. The summed E-state index contributed by atoms with van der Waals surface area (Å²) in [4.78, 5) is 16.8. The van der Waals surface area contributed by atoms with E-state index in [-0.39, 0.29) is 18.7 Å². The summed E-state index contributed by atoms with van der Waals surface area (Å²) in [7, 11) is 0. The molecule has 1 N–H and O–H groups in total. The number of alkyl halides is 3. The smallest absolute Gasteiger partial charge is 0.416 e. The number of fused-ring (bicyclic) bond motifs is 1. The highest BCUT2D eigenvalue weighted by molar-refractivity contribution is 6.05. The molecule has 6 nitrogen and oxygen atoms in total. The van der Waals surface area contributed by atoms with E-state index in [1.807, 2.05) is 6.92 Å². The van der Waals surface area contributed by atoms with Crippen LogP contribution in [0.15, 0.2) is 30.5 Å². The van der Waals surface area contributed by atoms with E-state index < -0.39 is 17.7 Å². The van der Waals surface area contributed by atoms with Crippen LogP contribution in [0.25, 0.3) is 11.0 Å². The zero-order valence-electron chi connectivity index (χ0n) is 16.3. The summed E-state index contributed by atoms with van der Waals surface area (Å²) >= 11 is 0. The summed E-state index contributed by atoms with van der Waals surface area (Å²) < 4.78 is 45.8. The van der Waals surface area contributed by atoms with Crippen LogP contribution in [0.2, 0.25) is 0 Å². The number of esters is 1. The summed E-state index contributed by atoms with van der Waals surface area (Å²) in [6.45, 7) is 6.27. The Morgan fingerprint density at radius 2 is 2.03 bits per heavy atom. The lowest BCUT2D eigenvalue weighted by atomic mass is 10.1. The Morgan fingerprint density at radius 1 is 1.28 bits per heavy atom. The molecular weight excluding hydrogens is 385 g/mol. The number of hydrogen-bond donors (Lipinski definition) is 1. The van der Waals surface area contributed by atoms with Gasteiger partial charge in [0.2, 0.25) is 0 Å². The molecule has 0 radical (unpaired) electrons. The van der Waals surface area contributed by atoms with Gasteiger partial charge in [-0.05, 0) is 38.5 Å². The average molecular weight is 406 g/mol. The molecule has 9 heteroatoms. The normalized spacial score (nSPS) is 11.7. The minimum atomic E-state index is -4.42. The van der Waals surface area contributed by atoms with Crippen LogP contribution < -0.4 is 5.32 Å². The molecule has 2 aromatic heterocycles. The molecule has 0 amide bonds. The Morgan fingerprint density at radius 3 is 2.69 bits per heavy atom. The van der Waals surface area contributed by atoms with Crippen LogP contribution in [-0.4, -0.2) is 27.3 Å². The van der Waals surface area contributed by atoms with E-state index in [0.29, 0.717) is 34.5 Å². The maximum Gasteiger partial charge on any atom is 0.416 e. The monoisotopic (exact) mass is 406 g/mol. The molecule has 0 bridgehead atoms. The van der Waals surface area contributed by atoms with Gasteiger partial charge in [0, 0.05) is 19.3 Å². The van der Waals surface area contributed by atoms with Crippen molar-refractivity contribution in [1.82, 2.24) is 14.8 Å². The van der Waals surface area contributed by atoms with Gasteiger partial charge in [0.1, 0.15) is 5.56 Å². The minimum Gasteiger partial charge on any atom is -0.462 e. The number of pyridine rings is 1. The van der Waals surface area contributed by atoms with Crippen molar-refractivity contribution in [2.45, 2.75) is 40.0 Å². The molecule has 29 heavy (non-hydrogen) atoms. The number of aryl methyl sites for hydroxylation is 2. The lowest BCUT2D eigenvalue weighted by Gasteiger charge is -2.14. The van der Waals surface area contributed by atoms with Crippen LogP contribution in [-0.2, 0) is 24.0 Å². The van der Waals surface area contributed by atoms with Crippen molar-refractivity contribution in [2.24, 2.45) is 0 Å². The lowest BCUT2D eigenvalue weighted by Crippen LogP contribution is -2.12. The number of hydrogen-bond acceptors (Lipinski definition) is 5. The highest BCUT2D eigenvalue weighted by Crippen LogP contribution is 2.32. The number of nitrogens with zero attached hydrogens (tertiary/aromatic N) is 3.